The molecule has 3 rings (SSSR count). The van der Waals surface area contributed by atoms with Crippen molar-refractivity contribution < 1.29 is 9.59 Å². The van der Waals surface area contributed by atoms with Crippen molar-refractivity contribution in [3.8, 4) is 0 Å². The van der Waals surface area contributed by atoms with Gasteiger partial charge in [0.15, 0.2) is 5.16 Å². The Kier molecular flexibility index (Phi) is 7.42. The van der Waals surface area contributed by atoms with Crippen molar-refractivity contribution in [2.45, 2.75) is 18.1 Å². The number of nitrogens with zero attached hydrogens (tertiary/aromatic N) is 2. The first-order valence-corrected chi connectivity index (χ1v) is 10.8. The summed E-state index contributed by atoms with van der Waals surface area (Å²) in [5, 5.41) is 7.46. The van der Waals surface area contributed by atoms with Crippen LogP contribution in [0.1, 0.15) is 28.9 Å². The molecule has 0 bridgehead atoms. The second-order valence-corrected chi connectivity index (χ2v) is 8.35. The summed E-state index contributed by atoms with van der Waals surface area (Å²) in [6, 6.07) is 11.6. The molecule has 2 aromatic carbocycles. The van der Waals surface area contributed by atoms with Gasteiger partial charge >= 0.3 is 0 Å². The number of aromatic nitrogens is 2. The summed E-state index contributed by atoms with van der Waals surface area (Å²) < 4.78 is 1.84. The van der Waals surface area contributed by atoms with Gasteiger partial charge in [-0.3, -0.25) is 9.59 Å². The molecule has 1 atom stereocenters. The summed E-state index contributed by atoms with van der Waals surface area (Å²) in [6.45, 7) is 1.83. The topological polar surface area (TPSA) is 76.0 Å². The minimum absolute atomic E-state index is 0.178. The molecule has 0 saturated heterocycles. The monoisotopic (exact) mass is 462 g/mol. The molecule has 2 N–H and O–H groups in total. The number of nitrogens with one attached hydrogen (secondary N) is 2. The molecular weight excluding hydrogens is 443 g/mol. The van der Waals surface area contributed by atoms with Gasteiger partial charge in [0.2, 0.25) is 5.91 Å². The second-order valence-electron chi connectivity index (χ2n) is 6.56. The third kappa shape index (κ3) is 5.56. The van der Waals surface area contributed by atoms with Gasteiger partial charge in [0.25, 0.3) is 5.91 Å². The van der Waals surface area contributed by atoms with E-state index in [1.54, 1.807) is 48.7 Å². The standard InChI is InChI=1S/C21H20Cl2N4O2S/c1-13(15-8-7-14(22)11-17(15)23)25-20(29)16-5-3-4-6-18(16)26-19(28)12-30-21-24-9-10-27(21)2/h3-11,13H,12H2,1-2H3,(H,25,29)(H,26,28)/t13-/m0/s1. The minimum atomic E-state index is -0.343. The number of hydrogen-bond acceptors (Lipinski definition) is 4. The number of thioether (sulfide) groups is 1. The number of carbonyl (C=O) groups is 2. The zero-order chi connectivity index (χ0) is 21.7. The highest BCUT2D eigenvalue weighted by Gasteiger charge is 2.18. The molecule has 0 spiro atoms. The fourth-order valence-electron chi connectivity index (χ4n) is 2.80. The van der Waals surface area contributed by atoms with Crippen LogP contribution >= 0.6 is 35.0 Å². The Morgan fingerprint density at radius 1 is 1.20 bits per heavy atom. The molecule has 0 aliphatic rings. The average molecular weight is 463 g/mol. The molecular formula is C21H20Cl2N4O2S. The molecule has 1 aromatic heterocycles. The summed E-state index contributed by atoms with van der Waals surface area (Å²) in [4.78, 5) is 29.4. The lowest BCUT2D eigenvalue weighted by Crippen LogP contribution is -2.28. The number of aryl methyl sites for hydroxylation is 1. The van der Waals surface area contributed by atoms with E-state index in [9.17, 15) is 9.59 Å². The number of hydrogen-bond donors (Lipinski definition) is 2. The Bertz CT molecular complexity index is 1070. The van der Waals surface area contributed by atoms with Crippen LogP contribution in [0, 0.1) is 0 Å². The molecule has 30 heavy (non-hydrogen) atoms. The molecule has 0 radical (unpaired) electrons. The van der Waals surface area contributed by atoms with E-state index >= 15 is 0 Å². The lowest BCUT2D eigenvalue weighted by Gasteiger charge is -2.17. The van der Waals surface area contributed by atoms with Crippen LogP contribution < -0.4 is 10.6 Å². The fourth-order valence-corrected chi connectivity index (χ4v) is 4.11. The van der Waals surface area contributed by atoms with Crippen molar-refractivity contribution in [3.05, 3.63) is 76.0 Å². The molecule has 3 aromatic rings. The summed E-state index contributed by atoms with van der Waals surface area (Å²) in [7, 11) is 1.86. The maximum Gasteiger partial charge on any atom is 0.253 e. The Labute approximate surface area is 189 Å². The molecule has 2 amide bonds. The van der Waals surface area contributed by atoms with Gasteiger partial charge < -0.3 is 15.2 Å². The summed E-state index contributed by atoms with van der Waals surface area (Å²) in [5.74, 6) is -0.365. The number of rotatable bonds is 7. The van der Waals surface area contributed by atoms with Crippen LogP contribution in [0.3, 0.4) is 0 Å². The van der Waals surface area contributed by atoms with E-state index in [1.165, 1.54) is 11.8 Å². The van der Waals surface area contributed by atoms with E-state index in [-0.39, 0.29) is 23.6 Å². The third-order valence-corrected chi connectivity index (χ3v) is 5.95. The van der Waals surface area contributed by atoms with Crippen LogP contribution in [-0.4, -0.2) is 27.1 Å². The third-order valence-electron chi connectivity index (χ3n) is 4.33. The highest BCUT2D eigenvalue weighted by atomic mass is 35.5. The van der Waals surface area contributed by atoms with Crippen molar-refractivity contribution >= 4 is 52.5 Å². The quantitative estimate of drug-likeness (QED) is 0.487. The first kappa shape index (κ1) is 22.2. The lowest BCUT2D eigenvalue weighted by molar-refractivity contribution is -0.113. The maximum atomic E-state index is 12.8. The first-order chi connectivity index (χ1) is 14.3. The largest absolute Gasteiger partial charge is 0.345 e. The predicted octanol–water partition coefficient (Wildman–Crippen LogP) is 4.95. The van der Waals surface area contributed by atoms with Crippen molar-refractivity contribution in [2.75, 3.05) is 11.1 Å². The highest BCUT2D eigenvalue weighted by Crippen LogP contribution is 2.27. The molecule has 1 heterocycles. The summed E-state index contributed by atoms with van der Waals surface area (Å²) in [5.41, 5.74) is 1.56. The molecule has 9 heteroatoms. The number of carbonyl (C=O) groups excluding carboxylic acids is 2. The summed E-state index contributed by atoms with van der Waals surface area (Å²) in [6.07, 6.45) is 3.49. The molecule has 0 fully saturated rings. The van der Waals surface area contributed by atoms with Gasteiger partial charge in [-0.15, -0.1) is 0 Å². The second kappa shape index (κ2) is 10.0. The van der Waals surface area contributed by atoms with Gasteiger partial charge in [0.1, 0.15) is 0 Å². The number of halogens is 2. The van der Waals surface area contributed by atoms with E-state index in [0.717, 1.165) is 10.7 Å². The first-order valence-electron chi connectivity index (χ1n) is 9.10. The number of benzene rings is 2. The van der Waals surface area contributed by atoms with Gasteiger partial charge in [0, 0.05) is 29.5 Å². The van der Waals surface area contributed by atoms with Crippen LogP contribution in [0.2, 0.25) is 10.0 Å². The van der Waals surface area contributed by atoms with E-state index in [2.05, 4.69) is 15.6 Å². The summed E-state index contributed by atoms with van der Waals surface area (Å²) >= 11 is 13.5. The Morgan fingerprint density at radius 2 is 1.97 bits per heavy atom. The Hall–Kier alpha value is -2.48. The number of anilines is 1. The zero-order valence-electron chi connectivity index (χ0n) is 16.4. The van der Waals surface area contributed by atoms with Crippen molar-refractivity contribution in [2.24, 2.45) is 7.05 Å². The highest BCUT2D eigenvalue weighted by molar-refractivity contribution is 7.99. The van der Waals surface area contributed by atoms with E-state index in [0.29, 0.717) is 21.3 Å². The molecule has 0 aliphatic carbocycles. The zero-order valence-corrected chi connectivity index (χ0v) is 18.7. The molecule has 6 nitrogen and oxygen atoms in total. The Balaban J connectivity index is 1.67. The minimum Gasteiger partial charge on any atom is -0.345 e. The van der Waals surface area contributed by atoms with Crippen LogP contribution in [0.5, 0.6) is 0 Å². The van der Waals surface area contributed by atoms with Crippen LogP contribution in [-0.2, 0) is 11.8 Å². The molecule has 0 saturated carbocycles. The van der Waals surface area contributed by atoms with Crippen molar-refractivity contribution in [3.63, 3.8) is 0 Å². The van der Waals surface area contributed by atoms with Crippen LogP contribution in [0.15, 0.2) is 60.0 Å². The molecule has 156 valence electrons. The Morgan fingerprint density at radius 3 is 2.67 bits per heavy atom. The van der Waals surface area contributed by atoms with Gasteiger partial charge in [-0.25, -0.2) is 4.98 Å². The normalized spacial score (nSPS) is 11.7. The van der Waals surface area contributed by atoms with Gasteiger partial charge in [-0.05, 0) is 36.8 Å². The number of amides is 2. The van der Waals surface area contributed by atoms with Gasteiger partial charge in [-0.2, -0.15) is 0 Å². The van der Waals surface area contributed by atoms with E-state index in [4.69, 9.17) is 23.2 Å². The van der Waals surface area contributed by atoms with Crippen LogP contribution in [0.25, 0.3) is 0 Å². The predicted molar refractivity (Wildman–Crippen MR) is 121 cm³/mol. The van der Waals surface area contributed by atoms with Gasteiger partial charge in [-0.1, -0.05) is 53.2 Å². The fraction of sp³-hybridized carbons (Fsp3) is 0.190. The van der Waals surface area contributed by atoms with Crippen LogP contribution in [0.4, 0.5) is 5.69 Å². The van der Waals surface area contributed by atoms with Crippen molar-refractivity contribution in [1.29, 1.82) is 0 Å². The van der Waals surface area contributed by atoms with Crippen molar-refractivity contribution in [1.82, 2.24) is 14.9 Å². The SMILES string of the molecule is C[C@H](NC(=O)c1ccccc1NC(=O)CSc1nccn1C)c1ccc(Cl)cc1Cl. The average Bonchev–Trinajstić information content (AvgIpc) is 3.11. The van der Waals surface area contributed by atoms with Gasteiger partial charge in [0.05, 0.1) is 23.0 Å². The number of imidazole rings is 1. The smallest absolute Gasteiger partial charge is 0.253 e. The van der Waals surface area contributed by atoms with E-state index in [1.807, 2.05) is 24.7 Å². The number of para-hydroxylation sites is 1. The molecule has 0 unspecified atom stereocenters. The lowest BCUT2D eigenvalue weighted by atomic mass is 10.1. The molecule has 0 aliphatic heterocycles. The van der Waals surface area contributed by atoms with E-state index < -0.39 is 0 Å². The maximum absolute atomic E-state index is 12.8.